The number of benzene rings is 2. The molecule has 6 heteroatoms. The molecule has 27 heavy (non-hydrogen) atoms. The molecule has 0 aromatic heterocycles. The molecule has 3 rings (SSSR count). The number of amides is 1. The SMILES string of the molecule is Cc1ccc(N2C(=S)N(c3ccc(C#N)c(C(C)F)c3)C(=O)C2(C)C)cc1. The first-order valence-corrected chi connectivity index (χ1v) is 9.03. The Morgan fingerprint density at radius 3 is 2.30 bits per heavy atom. The number of aryl methyl sites for hydroxylation is 1. The monoisotopic (exact) mass is 381 g/mol. The molecule has 1 unspecified atom stereocenters. The van der Waals surface area contributed by atoms with Crippen molar-refractivity contribution >= 4 is 34.6 Å². The maximum atomic E-state index is 14.0. The Labute approximate surface area is 163 Å². The van der Waals surface area contributed by atoms with Gasteiger partial charge in [-0.05, 0) is 70.2 Å². The van der Waals surface area contributed by atoms with Gasteiger partial charge in [0.1, 0.15) is 11.7 Å². The molecule has 0 aliphatic carbocycles. The zero-order valence-electron chi connectivity index (χ0n) is 15.7. The topological polar surface area (TPSA) is 47.3 Å². The molecule has 1 aliphatic rings. The van der Waals surface area contributed by atoms with E-state index >= 15 is 0 Å². The lowest BCUT2D eigenvalue weighted by atomic mass is 10.0. The molecule has 0 spiro atoms. The van der Waals surface area contributed by atoms with Crippen LogP contribution in [0.2, 0.25) is 0 Å². The maximum absolute atomic E-state index is 14.0. The fourth-order valence-corrected chi connectivity index (χ4v) is 3.79. The van der Waals surface area contributed by atoms with E-state index in [2.05, 4.69) is 0 Å². The molecule has 1 saturated heterocycles. The van der Waals surface area contributed by atoms with Crippen LogP contribution >= 0.6 is 12.2 Å². The van der Waals surface area contributed by atoms with Gasteiger partial charge in [-0.3, -0.25) is 9.69 Å². The van der Waals surface area contributed by atoms with E-state index in [0.717, 1.165) is 11.3 Å². The van der Waals surface area contributed by atoms with Crippen LogP contribution in [0.3, 0.4) is 0 Å². The van der Waals surface area contributed by atoms with Gasteiger partial charge in [0, 0.05) is 11.3 Å². The first-order valence-electron chi connectivity index (χ1n) is 8.62. The predicted octanol–water partition coefficient (Wildman–Crippen LogP) is 4.81. The number of hydrogen-bond donors (Lipinski definition) is 0. The normalized spacial score (nSPS) is 17.2. The van der Waals surface area contributed by atoms with E-state index in [-0.39, 0.29) is 17.0 Å². The molecule has 1 heterocycles. The predicted molar refractivity (Wildman–Crippen MR) is 109 cm³/mol. The van der Waals surface area contributed by atoms with Crippen LogP contribution in [0.4, 0.5) is 15.8 Å². The van der Waals surface area contributed by atoms with E-state index in [1.807, 2.05) is 51.1 Å². The third-order valence-electron chi connectivity index (χ3n) is 4.80. The van der Waals surface area contributed by atoms with Crippen molar-refractivity contribution in [2.75, 3.05) is 9.80 Å². The van der Waals surface area contributed by atoms with E-state index in [9.17, 15) is 14.4 Å². The summed E-state index contributed by atoms with van der Waals surface area (Å²) >= 11 is 5.63. The number of nitriles is 1. The van der Waals surface area contributed by atoms with Crippen molar-refractivity contribution in [1.29, 1.82) is 5.26 Å². The number of nitrogens with zero attached hydrogens (tertiary/aromatic N) is 3. The second-order valence-electron chi connectivity index (χ2n) is 7.15. The summed E-state index contributed by atoms with van der Waals surface area (Å²) in [6, 6.07) is 14.4. The van der Waals surface area contributed by atoms with Gasteiger partial charge in [0.15, 0.2) is 5.11 Å². The number of thiocarbonyl (C=S) groups is 1. The van der Waals surface area contributed by atoms with Gasteiger partial charge in [-0.15, -0.1) is 0 Å². The largest absolute Gasteiger partial charge is 0.304 e. The van der Waals surface area contributed by atoms with Crippen molar-refractivity contribution in [3.8, 4) is 6.07 Å². The summed E-state index contributed by atoms with van der Waals surface area (Å²) in [4.78, 5) is 16.4. The lowest BCUT2D eigenvalue weighted by molar-refractivity contribution is -0.120. The molecule has 0 radical (unpaired) electrons. The van der Waals surface area contributed by atoms with Gasteiger partial charge in [-0.2, -0.15) is 5.26 Å². The molecule has 1 fully saturated rings. The number of rotatable bonds is 3. The van der Waals surface area contributed by atoms with Crippen molar-refractivity contribution in [2.45, 2.75) is 39.4 Å². The van der Waals surface area contributed by atoms with Crippen LogP contribution in [-0.2, 0) is 4.79 Å². The molecule has 0 N–H and O–H groups in total. The van der Waals surface area contributed by atoms with E-state index in [0.29, 0.717) is 10.8 Å². The van der Waals surface area contributed by atoms with E-state index in [1.54, 1.807) is 11.0 Å². The molecule has 2 aromatic rings. The van der Waals surface area contributed by atoms with Crippen molar-refractivity contribution in [3.05, 3.63) is 59.2 Å². The first kappa shape index (κ1) is 19.0. The van der Waals surface area contributed by atoms with Crippen LogP contribution < -0.4 is 9.80 Å². The summed E-state index contributed by atoms with van der Waals surface area (Å²) in [6.07, 6.45) is -1.33. The first-order chi connectivity index (χ1) is 12.7. The quantitative estimate of drug-likeness (QED) is 0.716. The number of carbonyl (C=O) groups excluding carboxylic acids is 1. The summed E-state index contributed by atoms with van der Waals surface area (Å²) in [5.41, 5.74) is 2.00. The summed E-state index contributed by atoms with van der Waals surface area (Å²) < 4.78 is 14.0. The highest BCUT2D eigenvalue weighted by molar-refractivity contribution is 7.81. The third-order valence-corrected chi connectivity index (χ3v) is 5.17. The van der Waals surface area contributed by atoms with Crippen LogP contribution in [-0.4, -0.2) is 16.6 Å². The van der Waals surface area contributed by atoms with Gasteiger partial charge in [-0.1, -0.05) is 17.7 Å². The van der Waals surface area contributed by atoms with E-state index in [1.165, 1.54) is 24.0 Å². The summed E-state index contributed by atoms with van der Waals surface area (Å²) in [5.74, 6) is -0.199. The fraction of sp³-hybridized carbons (Fsp3) is 0.286. The molecule has 0 saturated carbocycles. The second-order valence-corrected chi connectivity index (χ2v) is 7.52. The van der Waals surface area contributed by atoms with Gasteiger partial charge in [0.05, 0.1) is 17.3 Å². The minimum Gasteiger partial charge on any atom is -0.304 e. The molecule has 1 aliphatic heterocycles. The average molecular weight is 381 g/mol. The highest BCUT2D eigenvalue weighted by atomic mass is 32.1. The second kappa shape index (κ2) is 6.75. The Kier molecular flexibility index (Phi) is 4.75. The molecule has 1 amide bonds. The van der Waals surface area contributed by atoms with Crippen LogP contribution in [0.5, 0.6) is 0 Å². The number of carbonyl (C=O) groups is 1. The molecule has 138 valence electrons. The van der Waals surface area contributed by atoms with Crippen molar-refractivity contribution in [3.63, 3.8) is 0 Å². The Hall–Kier alpha value is -2.78. The van der Waals surface area contributed by atoms with Crippen molar-refractivity contribution < 1.29 is 9.18 Å². The average Bonchev–Trinajstić information content (AvgIpc) is 2.80. The van der Waals surface area contributed by atoms with Crippen LogP contribution in [0, 0.1) is 18.3 Å². The lowest BCUT2D eigenvalue weighted by Crippen LogP contribution is -2.44. The van der Waals surface area contributed by atoms with Gasteiger partial charge >= 0.3 is 0 Å². The van der Waals surface area contributed by atoms with E-state index in [4.69, 9.17) is 12.2 Å². The molecular weight excluding hydrogens is 361 g/mol. The maximum Gasteiger partial charge on any atom is 0.259 e. The van der Waals surface area contributed by atoms with Crippen molar-refractivity contribution in [1.82, 2.24) is 0 Å². The van der Waals surface area contributed by atoms with E-state index < -0.39 is 11.7 Å². The summed E-state index contributed by atoms with van der Waals surface area (Å²) in [5, 5.41) is 9.52. The molecule has 1 atom stereocenters. The van der Waals surface area contributed by atoms with Gasteiger partial charge in [0.2, 0.25) is 0 Å². The lowest BCUT2D eigenvalue weighted by Gasteiger charge is -2.29. The van der Waals surface area contributed by atoms with Crippen LogP contribution in [0.15, 0.2) is 42.5 Å². The van der Waals surface area contributed by atoms with Crippen LogP contribution in [0.25, 0.3) is 0 Å². The van der Waals surface area contributed by atoms with Crippen LogP contribution in [0.1, 0.15) is 43.6 Å². The number of hydrogen-bond acceptors (Lipinski definition) is 3. The summed E-state index contributed by atoms with van der Waals surface area (Å²) in [7, 11) is 0. The third kappa shape index (κ3) is 3.08. The minimum absolute atomic E-state index is 0.199. The molecule has 4 nitrogen and oxygen atoms in total. The Bertz CT molecular complexity index is 960. The standard InChI is InChI=1S/C21H20FN3OS/c1-13-5-8-16(9-6-13)25-20(27)24(19(26)21(25,3)4)17-10-7-15(12-23)18(11-17)14(2)22/h5-11,14H,1-4H3. The molecule has 2 aromatic carbocycles. The number of halogens is 1. The molecular formula is C21H20FN3OS. The number of alkyl halides is 1. The smallest absolute Gasteiger partial charge is 0.259 e. The summed E-state index contributed by atoms with van der Waals surface area (Å²) in [6.45, 7) is 6.98. The Morgan fingerprint density at radius 2 is 1.74 bits per heavy atom. The van der Waals surface area contributed by atoms with Gasteiger partial charge < -0.3 is 4.90 Å². The highest BCUT2D eigenvalue weighted by Gasteiger charge is 2.50. The van der Waals surface area contributed by atoms with Gasteiger partial charge in [-0.25, -0.2) is 4.39 Å². The zero-order valence-corrected chi connectivity index (χ0v) is 16.5. The highest BCUT2D eigenvalue weighted by Crippen LogP contribution is 2.37. The Balaban J connectivity index is 2.09. The van der Waals surface area contributed by atoms with Crippen molar-refractivity contribution in [2.24, 2.45) is 0 Å². The molecule has 0 bridgehead atoms. The Morgan fingerprint density at radius 1 is 1.15 bits per heavy atom. The fourth-order valence-electron chi connectivity index (χ4n) is 3.27. The van der Waals surface area contributed by atoms with Gasteiger partial charge in [0.25, 0.3) is 5.91 Å². The minimum atomic E-state index is -1.33. The number of anilines is 2. The zero-order chi connectivity index (χ0) is 19.9.